The van der Waals surface area contributed by atoms with Gasteiger partial charge in [0, 0.05) is 16.9 Å². The van der Waals surface area contributed by atoms with Gasteiger partial charge in [-0.2, -0.15) is 5.10 Å². The highest BCUT2D eigenvalue weighted by Gasteiger charge is 2.27. The third kappa shape index (κ3) is 3.67. The molecule has 4 rings (SSSR count). The quantitative estimate of drug-likeness (QED) is 0.721. The molecule has 6 heteroatoms. The number of anilines is 1. The van der Waals surface area contributed by atoms with E-state index in [-0.39, 0.29) is 18.4 Å². The molecular weight excluding hydrogens is 352 g/mol. The predicted molar refractivity (Wildman–Crippen MR) is 108 cm³/mol. The summed E-state index contributed by atoms with van der Waals surface area (Å²) in [6, 6.07) is 17.3. The fourth-order valence-corrected chi connectivity index (χ4v) is 3.49. The third-order valence-electron chi connectivity index (χ3n) is 4.89. The molecule has 0 aliphatic heterocycles. The second-order valence-electron chi connectivity index (χ2n) is 6.97. The van der Waals surface area contributed by atoms with E-state index < -0.39 is 0 Å². The first kappa shape index (κ1) is 18.0. The number of rotatable bonds is 5. The van der Waals surface area contributed by atoms with Crippen molar-refractivity contribution >= 4 is 17.5 Å². The summed E-state index contributed by atoms with van der Waals surface area (Å²) >= 11 is 0. The molecule has 3 aromatic rings. The summed E-state index contributed by atoms with van der Waals surface area (Å²) in [6.45, 7) is 1.94. The van der Waals surface area contributed by atoms with Crippen LogP contribution in [0.5, 0.6) is 0 Å². The van der Waals surface area contributed by atoms with Gasteiger partial charge in [-0.05, 0) is 50.5 Å². The number of nitrogens with one attached hydrogen (secondary N) is 2. The molecule has 0 radical (unpaired) electrons. The molecule has 6 nitrogen and oxygen atoms in total. The number of hydrogen-bond acceptors (Lipinski definition) is 3. The van der Waals surface area contributed by atoms with E-state index in [1.807, 2.05) is 54.1 Å². The second-order valence-corrected chi connectivity index (χ2v) is 6.97. The lowest BCUT2D eigenvalue weighted by atomic mass is 10.2. The Bertz CT molecular complexity index is 1010. The molecule has 2 N–H and O–H groups in total. The molecule has 28 heavy (non-hydrogen) atoms. The van der Waals surface area contributed by atoms with E-state index in [0.717, 1.165) is 36.2 Å². The minimum Gasteiger partial charge on any atom is -0.342 e. The summed E-state index contributed by atoms with van der Waals surface area (Å²) in [4.78, 5) is 24.8. The van der Waals surface area contributed by atoms with Gasteiger partial charge in [-0.1, -0.05) is 35.9 Å². The van der Waals surface area contributed by atoms with Crippen LogP contribution in [-0.2, 0) is 17.6 Å². The molecule has 1 aliphatic rings. The Hall–Kier alpha value is -3.41. The number of amides is 2. The van der Waals surface area contributed by atoms with Crippen LogP contribution in [0.15, 0.2) is 54.6 Å². The van der Waals surface area contributed by atoms with Crippen LogP contribution in [0.2, 0.25) is 0 Å². The summed E-state index contributed by atoms with van der Waals surface area (Å²) in [5.74, 6) is -0.582. The molecule has 1 aromatic heterocycles. The number of benzene rings is 2. The molecule has 1 aliphatic carbocycles. The van der Waals surface area contributed by atoms with Crippen LogP contribution in [0.1, 0.15) is 33.7 Å². The lowest BCUT2D eigenvalue weighted by Gasteiger charge is -2.07. The number of aryl methyl sites for hydroxylation is 1. The molecule has 0 bridgehead atoms. The van der Waals surface area contributed by atoms with Gasteiger partial charge in [0.2, 0.25) is 5.91 Å². The number of carbonyl (C=O) groups excluding carboxylic acids is 2. The molecule has 0 atom stereocenters. The molecule has 2 amide bonds. The number of aromatic nitrogens is 2. The fourth-order valence-electron chi connectivity index (χ4n) is 3.49. The summed E-state index contributed by atoms with van der Waals surface area (Å²) < 4.78 is 1.86. The van der Waals surface area contributed by atoms with E-state index in [1.165, 1.54) is 5.56 Å². The van der Waals surface area contributed by atoms with Crippen molar-refractivity contribution in [2.45, 2.75) is 26.2 Å². The predicted octanol–water partition coefficient (Wildman–Crippen LogP) is 3.04. The number of para-hydroxylation sites is 1. The highest BCUT2D eigenvalue weighted by atomic mass is 16.2. The van der Waals surface area contributed by atoms with Crippen molar-refractivity contribution in [1.82, 2.24) is 15.1 Å². The number of nitrogens with zero attached hydrogens (tertiary/aromatic N) is 2. The van der Waals surface area contributed by atoms with Crippen molar-refractivity contribution in [3.63, 3.8) is 0 Å². The maximum absolute atomic E-state index is 12.7. The van der Waals surface area contributed by atoms with Crippen molar-refractivity contribution in [2.75, 3.05) is 11.9 Å². The van der Waals surface area contributed by atoms with E-state index in [2.05, 4.69) is 15.7 Å². The average Bonchev–Trinajstić information content (AvgIpc) is 3.30. The first-order valence-electron chi connectivity index (χ1n) is 9.43. The summed E-state index contributed by atoms with van der Waals surface area (Å²) in [6.07, 6.45) is 2.74. The lowest BCUT2D eigenvalue weighted by Crippen LogP contribution is -2.33. The molecule has 1 heterocycles. The molecule has 0 spiro atoms. The van der Waals surface area contributed by atoms with Crippen LogP contribution in [0.25, 0.3) is 5.69 Å². The van der Waals surface area contributed by atoms with E-state index in [1.54, 1.807) is 12.1 Å². The summed E-state index contributed by atoms with van der Waals surface area (Å²) in [5.41, 5.74) is 5.32. The minimum atomic E-state index is -0.313. The van der Waals surface area contributed by atoms with Crippen LogP contribution in [0.4, 0.5) is 5.69 Å². The zero-order chi connectivity index (χ0) is 19.5. The minimum absolute atomic E-state index is 0.0973. The maximum atomic E-state index is 12.7. The Morgan fingerprint density at radius 2 is 1.79 bits per heavy atom. The molecule has 0 saturated carbocycles. The normalized spacial score (nSPS) is 12.5. The first-order chi connectivity index (χ1) is 13.6. The zero-order valence-electron chi connectivity index (χ0n) is 15.7. The maximum Gasteiger partial charge on any atom is 0.272 e. The molecule has 142 valence electrons. The van der Waals surface area contributed by atoms with E-state index >= 15 is 0 Å². The summed E-state index contributed by atoms with van der Waals surface area (Å²) in [5, 5.41) is 10.0. The SMILES string of the molecule is Cc1ccc(-n2nc(C(=O)NCC(=O)Nc3ccccc3)c3c2CCC3)cc1. The average molecular weight is 374 g/mol. The van der Waals surface area contributed by atoms with Gasteiger partial charge < -0.3 is 10.6 Å². The third-order valence-corrected chi connectivity index (χ3v) is 4.89. The lowest BCUT2D eigenvalue weighted by molar-refractivity contribution is -0.115. The fraction of sp³-hybridized carbons (Fsp3) is 0.227. The van der Waals surface area contributed by atoms with Crippen molar-refractivity contribution < 1.29 is 9.59 Å². The van der Waals surface area contributed by atoms with Crippen molar-refractivity contribution in [1.29, 1.82) is 0 Å². The highest BCUT2D eigenvalue weighted by molar-refractivity contribution is 5.99. The highest BCUT2D eigenvalue weighted by Crippen LogP contribution is 2.27. The number of fused-ring (bicyclic) bond motifs is 1. The topological polar surface area (TPSA) is 76.0 Å². The van der Waals surface area contributed by atoms with E-state index in [4.69, 9.17) is 0 Å². The smallest absolute Gasteiger partial charge is 0.272 e. The van der Waals surface area contributed by atoms with Crippen LogP contribution in [0.3, 0.4) is 0 Å². The van der Waals surface area contributed by atoms with E-state index in [9.17, 15) is 9.59 Å². The Labute approximate surface area is 163 Å². The van der Waals surface area contributed by atoms with Crippen molar-refractivity contribution in [3.05, 3.63) is 77.1 Å². The van der Waals surface area contributed by atoms with Gasteiger partial charge >= 0.3 is 0 Å². The Morgan fingerprint density at radius 1 is 1.04 bits per heavy atom. The van der Waals surface area contributed by atoms with Gasteiger partial charge in [0.15, 0.2) is 5.69 Å². The van der Waals surface area contributed by atoms with Crippen molar-refractivity contribution in [2.24, 2.45) is 0 Å². The molecule has 0 saturated heterocycles. The van der Waals surface area contributed by atoms with Crippen LogP contribution < -0.4 is 10.6 Å². The standard InChI is InChI=1S/C22H22N4O2/c1-15-10-12-17(13-11-15)26-19-9-5-8-18(19)21(25-26)22(28)23-14-20(27)24-16-6-3-2-4-7-16/h2-4,6-7,10-13H,5,8-9,14H2,1H3,(H,23,28)(H,24,27). The van der Waals surface area contributed by atoms with E-state index in [0.29, 0.717) is 11.4 Å². The Morgan fingerprint density at radius 3 is 2.54 bits per heavy atom. The molecule has 0 fully saturated rings. The molecule has 2 aromatic carbocycles. The van der Waals surface area contributed by atoms with Crippen LogP contribution in [-0.4, -0.2) is 28.1 Å². The number of carbonyl (C=O) groups is 2. The zero-order valence-corrected chi connectivity index (χ0v) is 15.7. The van der Waals surface area contributed by atoms with Gasteiger partial charge in [0.05, 0.1) is 12.2 Å². The first-order valence-corrected chi connectivity index (χ1v) is 9.43. The molecule has 0 unspecified atom stereocenters. The van der Waals surface area contributed by atoms with Gasteiger partial charge in [0.25, 0.3) is 5.91 Å². The second kappa shape index (κ2) is 7.68. The van der Waals surface area contributed by atoms with Gasteiger partial charge in [-0.15, -0.1) is 0 Å². The van der Waals surface area contributed by atoms with Crippen LogP contribution >= 0.6 is 0 Å². The number of hydrogen-bond donors (Lipinski definition) is 2. The van der Waals surface area contributed by atoms with Gasteiger partial charge in [-0.3, -0.25) is 9.59 Å². The van der Waals surface area contributed by atoms with Crippen LogP contribution in [0, 0.1) is 6.92 Å². The molecular formula is C22H22N4O2. The monoisotopic (exact) mass is 374 g/mol. The Kier molecular flexibility index (Phi) is 4.93. The van der Waals surface area contributed by atoms with Gasteiger partial charge in [-0.25, -0.2) is 4.68 Å². The largest absolute Gasteiger partial charge is 0.342 e. The van der Waals surface area contributed by atoms with Crippen molar-refractivity contribution in [3.8, 4) is 5.69 Å². The summed E-state index contributed by atoms with van der Waals surface area (Å²) in [7, 11) is 0. The Balaban J connectivity index is 1.48. The van der Waals surface area contributed by atoms with Gasteiger partial charge in [0.1, 0.15) is 0 Å².